The average Bonchev–Trinajstić information content (AvgIpc) is 2.42. The number of ether oxygens (including phenoxy) is 1. The number of unbranched alkanes of at least 4 members (excludes halogenated alkanes) is 4. The Morgan fingerprint density at radius 2 is 1.61 bits per heavy atom. The van der Waals surface area contributed by atoms with E-state index in [9.17, 15) is 0 Å². The van der Waals surface area contributed by atoms with Gasteiger partial charge in [-0.25, -0.2) is 0 Å². The topological polar surface area (TPSA) is 21.3 Å². The summed E-state index contributed by atoms with van der Waals surface area (Å²) in [7, 11) is 0. The van der Waals surface area contributed by atoms with Crippen molar-refractivity contribution in [2.75, 3.05) is 19.8 Å². The van der Waals surface area contributed by atoms with Gasteiger partial charge in [0, 0.05) is 19.3 Å². The fourth-order valence-electron chi connectivity index (χ4n) is 2.70. The van der Waals surface area contributed by atoms with Crippen molar-refractivity contribution in [1.82, 2.24) is 5.32 Å². The molecule has 0 aromatic rings. The molecule has 0 heterocycles. The molecule has 0 atom stereocenters. The molecule has 1 N–H and O–H groups in total. The van der Waals surface area contributed by atoms with Gasteiger partial charge in [0.05, 0.1) is 0 Å². The highest BCUT2D eigenvalue weighted by Crippen LogP contribution is 2.17. The minimum atomic E-state index is 0.799. The SMILES string of the molecule is CCCCCCCOCCCNC1CCCCC1. The monoisotopic (exact) mass is 255 g/mol. The summed E-state index contributed by atoms with van der Waals surface area (Å²) in [5, 5.41) is 3.66. The lowest BCUT2D eigenvalue weighted by Gasteiger charge is -2.22. The van der Waals surface area contributed by atoms with Gasteiger partial charge in [0.1, 0.15) is 0 Å². The summed E-state index contributed by atoms with van der Waals surface area (Å²) >= 11 is 0. The van der Waals surface area contributed by atoms with E-state index in [2.05, 4.69) is 12.2 Å². The Kier molecular flexibility index (Phi) is 10.6. The molecule has 2 nitrogen and oxygen atoms in total. The second-order valence-electron chi connectivity index (χ2n) is 5.67. The molecular formula is C16H33NO. The Bertz CT molecular complexity index is 166. The van der Waals surface area contributed by atoms with E-state index in [1.165, 1.54) is 70.6 Å². The van der Waals surface area contributed by atoms with Crippen LogP contribution in [0.4, 0.5) is 0 Å². The lowest BCUT2D eigenvalue weighted by atomic mass is 9.95. The molecule has 1 aliphatic carbocycles. The second kappa shape index (κ2) is 12.0. The average molecular weight is 255 g/mol. The number of hydrogen-bond acceptors (Lipinski definition) is 2. The summed E-state index contributed by atoms with van der Waals surface area (Å²) in [4.78, 5) is 0. The molecule has 0 aliphatic heterocycles. The number of rotatable bonds is 11. The maximum Gasteiger partial charge on any atom is 0.0478 e. The summed E-state index contributed by atoms with van der Waals surface area (Å²) in [6.07, 6.45) is 14.9. The molecule has 1 saturated carbocycles. The first-order valence-corrected chi connectivity index (χ1v) is 8.24. The van der Waals surface area contributed by atoms with Crippen LogP contribution in [0.3, 0.4) is 0 Å². The van der Waals surface area contributed by atoms with Crippen molar-refractivity contribution in [2.24, 2.45) is 0 Å². The predicted octanol–water partition coefficient (Wildman–Crippen LogP) is 4.29. The second-order valence-corrected chi connectivity index (χ2v) is 5.67. The van der Waals surface area contributed by atoms with E-state index in [4.69, 9.17) is 4.74 Å². The zero-order chi connectivity index (χ0) is 12.9. The van der Waals surface area contributed by atoms with Crippen molar-refractivity contribution in [3.8, 4) is 0 Å². The van der Waals surface area contributed by atoms with Crippen molar-refractivity contribution in [2.45, 2.75) is 83.6 Å². The van der Waals surface area contributed by atoms with Crippen LogP contribution in [0.2, 0.25) is 0 Å². The van der Waals surface area contributed by atoms with Gasteiger partial charge in [-0.15, -0.1) is 0 Å². The van der Waals surface area contributed by atoms with Gasteiger partial charge in [0.15, 0.2) is 0 Å². The van der Waals surface area contributed by atoms with E-state index < -0.39 is 0 Å². The summed E-state index contributed by atoms with van der Waals surface area (Å²) < 4.78 is 5.66. The molecule has 0 unspecified atom stereocenters. The van der Waals surface area contributed by atoms with E-state index >= 15 is 0 Å². The van der Waals surface area contributed by atoms with E-state index in [0.29, 0.717) is 0 Å². The fourth-order valence-corrected chi connectivity index (χ4v) is 2.70. The Labute approximate surface area is 114 Å². The Morgan fingerprint density at radius 3 is 2.39 bits per heavy atom. The molecular weight excluding hydrogens is 222 g/mol. The molecule has 0 spiro atoms. The fraction of sp³-hybridized carbons (Fsp3) is 1.00. The summed E-state index contributed by atoms with van der Waals surface area (Å²) in [5.74, 6) is 0. The van der Waals surface area contributed by atoms with Crippen LogP contribution in [0.25, 0.3) is 0 Å². The van der Waals surface area contributed by atoms with Crippen LogP contribution in [0.1, 0.15) is 77.6 Å². The molecule has 108 valence electrons. The normalized spacial score (nSPS) is 17.2. The van der Waals surface area contributed by atoms with Gasteiger partial charge in [0.25, 0.3) is 0 Å². The van der Waals surface area contributed by atoms with Crippen LogP contribution in [0, 0.1) is 0 Å². The predicted molar refractivity (Wildman–Crippen MR) is 79.1 cm³/mol. The van der Waals surface area contributed by atoms with Crippen molar-refractivity contribution in [3.63, 3.8) is 0 Å². The molecule has 1 rings (SSSR count). The maximum absolute atomic E-state index is 5.66. The molecule has 0 amide bonds. The molecule has 0 bridgehead atoms. The van der Waals surface area contributed by atoms with Crippen LogP contribution in [0.5, 0.6) is 0 Å². The van der Waals surface area contributed by atoms with Crippen LogP contribution >= 0.6 is 0 Å². The van der Waals surface area contributed by atoms with Gasteiger partial charge in [0.2, 0.25) is 0 Å². The van der Waals surface area contributed by atoms with Crippen molar-refractivity contribution in [1.29, 1.82) is 0 Å². The van der Waals surface area contributed by atoms with Gasteiger partial charge in [-0.1, -0.05) is 51.9 Å². The number of hydrogen-bond donors (Lipinski definition) is 1. The maximum atomic E-state index is 5.66. The zero-order valence-electron chi connectivity index (χ0n) is 12.4. The first-order chi connectivity index (χ1) is 8.93. The molecule has 2 heteroatoms. The van der Waals surface area contributed by atoms with Gasteiger partial charge >= 0.3 is 0 Å². The Balaban J connectivity index is 1.73. The Hall–Kier alpha value is -0.0800. The highest BCUT2D eigenvalue weighted by Gasteiger charge is 2.11. The molecule has 18 heavy (non-hydrogen) atoms. The molecule has 0 saturated heterocycles. The quantitative estimate of drug-likeness (QED) is 0.556. The smallest absolute Gasteiger partial charge is 0.0478 e. The van der Waals surface area contributed by atoms with Crippen LogP contribution in [-0.4, -0.2) is 25.8 Å². The largest absolute Gasteiger partial charge is 0.381 e. The van der Waals surface area contributed by atoms with Crippen molar-refractivity contribution >= 4 is 0 Å². The van der Waals surface area contributed by atoms with Gasteiger partial charge < -0.3 is 10.1 Å². The third kappa shape index (κ3) is 8.93. The van der Waals surface area contributed by atoms with Crippen LogP contribution in [-0.2, 0) is 4.74 Å². The van der Waals surface area contributed by atoms with Crippen molar-refractivity contribution in [3.05, 3.63) is 0 Å². The summed E-state index contributed by atoms with van der Waals surface area (Å²) in [6.45, 7) is 5.30. The minimum Gasteiger partial charge on any atom is -0.381 e. The highest BCUT2D eigenvalue weighted by molar-refractivity contribution is 4.71. The van der Waals surface area contributed by atoms with E-state index in [1.54, 1.807) is 0 Å². The number of nitrogens with one attached hydrogen (secondary N) is 1. The molecule has 0 radical (unpaired) electrons. The molecule has 1 fully saturated rings. The zero-order valence-corrected chi connectivity index (χ0v) is 12.4. The van der Waals surface area contributed by atoms with Gasteiger partial charge in [-0.05, 0) is 32.2 Å². The highest BCUT2D eigenvalue weighted by atomic mass is 16.5. The van der Waals surface area contributed by atoms with E-state index in [-0.39, 0.29) is 0 Å². The van der Waals surface area contributed by atoms with Gasteiger partial charge in [-0.3, -0.25) is 0 Å². The third-order valence-corrected chi connectivity index (χ3v) is 3.90. The summed E-state index contributed by atoms with van der Waals surface area (Å²) in [5.41, 5.74) is 0. The lowest BCUT2D eigenvalue weighted by molar-refractivity contribution is 0.126. The molecule has 0 aromatic carbocycles. The van der Waals surface area contributed by atoms with Crippen LogP contribution in [0.15, 0.2) is 0 Å². The third-order valence-electron chi connectivity index (χ3n) is 3.90. The molecule has 0 aromatic heterocycles. The lowest BCUT2D eigenvalue weighted by Crippen LogP contribution is -2.32. The standard InChI is InChI=1S/C16H33NO/c1-2-3-4-5-9-14-18-15-10-13-17-16-11-7-6-8-12-16/h16-17H,2-15H2,1H3. The van der Waals surface area contributed by atoms with Crippen LogP contribution < -0.4 is 5.32 Å². The van der Waals surface area contributed by atoms with Crippen molar-refractivity contribution < 1.29 is 4.74 Å². The summed E-state index contributed by atoms with van der Waals surface area (Å²) in [6, 6.07) is 0.799. The first kappa shape index (κ1) is 16.0. The Morgan fingerprint density at radius 1 is 0.889 bits per heavy atom. The van der Waals surface area contributed by atoms with Gasteiger partial charge in [-0.2, -0.15) is 0 Å². The minimum absolute atomic E-state index is 0.799. The van der Waals surface area contributed by atoms with E-state index in [0.717, 1.165) is 25.8 Å². The van der Waals surface area contributed by atoms with E-state index in [1.807, 2.05) is 0 Å². The first-order valence-electron chi connectivity index (χ1n) is 8.24. The molecule has 1 aliphatic rings.